The number of methoxy groups -OCH3 is 1. The third-order valence-corrected chi connectivity index (χ3v) is 3.77. The molecule has 0 unspecified atom stereocenters. The fourth-order valence-electron chi connectivity index (χ4n) is 2.72. The molecule has 3 nitrogen and oxygen atoms in total. The lowest BCUT2D eigenvalue weighted by molar-refractivity contribution is 0.0889. The number of ether oxygens (including phenoxy) is 1. The zero-order valence-corrected chi connectivity index (χ0v) is 11.3. The Bertz CT molecular complexity index is 681. The molecule has 3 heteroatoms. The van der Waals surface area contributed by atoms with Crippen molar-refractivity contribution in [2.45, 2.75) is 12.8 Å². The second-order valence-corrected chi connectivity index (χ2v) is 4.93. The molecule has 0 spiro atoms. The largest absolute Gasteiger partial charge is 0.497 e. The number of carbonyl (C=O) groups excluding carboxylic acids is 2. The predicted octanol–water partition coefficient (Wildman–Crippen LogP) is 3.17. The first kappa shape index (κ1) is 12.6. The van der Waals surface area contributed by atoms with E-state index in [0.29, 0.717) is 11.1 Å². The highest BCUT2D eigenvalue weighted by Crippen LogP contribution is 2.36. The SMILES string of the molecule is COc1ccc(C2C(=O)c3ccccc3C2=O)c(C)c1. The molecule has 0 saturated heterocycles. The zero-order valence-electron chi connectivity index (χ0n) is 11.3. The summed E-state index contributed by atoms with van der Waals surface area (Å²) in [6, 6.07) is 12.4. The van der Waals surface area contributed by atoms with Gasteiger partial charge in [0.25, 0.3) is 0 Å². The maximum atomic E-state index is 12.5. The summed E-state index contributed by atoms with van der Waals surface area (Å²) in [5.74, 6) is -0.210. The summed E-state index contributed by atoms with van der Waals surface area (Å²) in [5.41, 5.74) is 2.70. The fraction of sp³-hybridized carbons (Fsp3) is 0.176. The van der Waals surface area contributed by atoms with Crippen LogP contribution in [0.2, 0.25) is 0 Å². The Labute approximate surface area is 117 Å². The number of fused-ring (bicyclic) bond motifs is 1. The molecule has 0 amide bonds. The summed E-state index contributed by atoms with van der Waals surface area (Å²) in [5, 5.41) is 0. The third kappa shape index (κ3) is 1.74. The molecule has 100 valence electrons. The Morgan fingerprint density at radius 2 is 1.55 bits per heavy atom. The first-order valence-corrected chi connectivity index (χ1v) is 6.45. The summed E-state index contributed by atoms with van der Waals surface area (Å²) in [6.45, 7) is 1.89. The van der Waals surface area contributed by atoms with Crippen molar-refractivity contribution in [3.05, 3.63) is 64.7 Å². The van der Waals surface area contributed by atoms with Crippen molar-refractivity contribution in [2.75, 3.05) is 7.11 Å². The molecule has 1 aliphatic rings. The molecule has 0 saturated carbocycles. The molecule has 2 aromatic rings. The van der Waals surface area contributed by atoms with Gasteiger partial charge in [-0.15, -0.1) is 0 Å². The molecule has 0 aromatic heterocycles. The van der Waals surface area contributed by atoms with Gasteiger partial charge in [0.15, 0.2) is 11.6 Å². The van der Waals surface area contributed by atoms with Crippen LogP contribution in [0.25, 0.3) is 0 Å². The predicted molar refractivity (Wildman–Crippen MR) is 75.6 cm³/mol. The number of carbonyl (C=O) groups is 2. The normalized spacial score (nSPS) is 14.5. The third-order valence-electron chi connectivity index (χ3n) is 3.77. The van der Waals surface area contributed by atoms with Crippen LogP contribution in [0.5, 0.6) is 5.75 Å². The average Bonchev–Trinajstić information content (AvgIpc) is 2.72. The van der Waals surface area contributed by atoms with E-state index in [0.717, 1.165) is 16.9 Å². The van der Waals surface area contributed by atoms with Gasteiger partial charge in [0.2, 0.25) is 0 Å². The summed E-state index contributed by atoms with van der Waals surface area (Å²) in [6.07, 6.45) is 0. The van der Waals surface area contributed by atoms with Gasteiger partial charge in [-0.25, -0.2) is 0 Å². The number of Topliss-reactive ketones (excluding diaryl/α,β-unsaturated/α-hetero) is 2. The molecule has 1 aliphatic carbocycles. The van der Waals surface area contributed by atoms with E-state index >= 15 is 0 Å². The van der Waals surface area contributed by atoms with Gasteiger partial charge < -0.3 is 4.74 Å². The molecule has 0 fully saturated rings. The van der Waals surface area contributed by atoms with Crippen molar-refractivity contribution in [1.82, 2.24) is 0 Å². The van der Waals surface area contributed by atoms with Crippen molar-refractivity contribution in [1.29, 1.82) is 0 Å². The maximum Gasteiger partial charge on any atom is 0.178 e. The number of hydrogen-bond donors (Lipinski definition) is 0. The van der Waals surface area contributed by atoms with Gasteiger partial charge >= 0.3 is 0 Å². The molecule has 0 radical (unpaired) electrons. The number of benzene rings is 2. The van der Waals surface area contributed by atoms with Gasteiger partial charge in [-0.3, -0.25) is 9.59 Å². The van der Waals surface area contributed by atoms with Crippen molar-refractivity contribution in [2.24, 2.45) is 0 Å². The van der Waals surface area contributed by atoms with Gasteiger partial charge in [0, 0.05) is 11.1 Å². The fourth-order valence-corrected chi connectivity index (χ4v) is 2.72. The van der Waals surface area contributed by atoms with E-state index in [-0.39, 0.29) is 11.6 Å². The van der Waals surface area contributed by atoms with E-state index in [1.54, 1.807) is 43.5 Å². The minimum atomic E-state index is -0.710. The van der Waals surface area contributed by atoms with E-state index < -0.39 is 5.92 Å². The molecule has 0 aliphatic heterocycles. The van der Waals surface area contributed by atoms with Crippen LogP contribution in [0.1, 0.15) is 37.8 Å². The molecule has 2 aromatic carbocycles. The quantitative estimate of drug-likeness (QED) is 0.784. The number of hydrogen-bond acceptors (Lipinski definition) is 3. The van der Waals surface area contributed by atoms with Crippen LogP contribution >= 0.6 is 0 Å². The smallest absolute Gasteiger partial charge is 0.178 e. The highest BCUT2D eigenvalue weighted by Gasteiger charge is 2.39. The van der Waals surface area contributed by atoms with Crippen molar-refractivity contribution in [3.63, 3.8) is 0 Å². The molecule has 0 bridgehead atoms. The van der Waals surface area contributed by atoms with Gasteiger partial charge in [0.1, 0.15) is 11.7 Å². The second kappa shape index (κ2) is 4.60. The van der Waals surface area contributed by atoms with Crippen LogP contribution in [0.15, 0.2) is 42.5 Å². The summed E-state index contributed by atoms with van der Waals surface area (Å²) in [7, 11) is 1.59. The lowest BCUT2D eigenvalue weighted by atomic mass is 9.90. The molecule has 0 atom stereocenters. The molecule has 3 rings (SSSR count). The van der Waals surface area contributed by atoms with Crippen LogP contribution in [0.4, 0.5) is 0 Å². The van der Waals surface area contributed by atoms with Crippen LogP contribution in [0, 0.1) is 6.92 Å². The first-order valence-electron chi connectivity index (χ1n) is 6.45. The highest BCUT2D eigenvalue weighted by molar-refractivity contribution is 6.29. The summed E-state index contributed by atoms with van der Waals surface area (Å²) in [4.78, 5) is 24.9. The average molecular weight is 266 g/mol. The first-order chi connectivity index (χ1) is 9.63. The van der Waals surface area contributed by atoms with Gasteiger partial charge in [0.05, 0.1) is 7.11 Å². The van der Waals surface area contributed by atoms with E-state index in [1.807, 2.05) is 13.0 Å². The van der Waals surface area contributed by atoms with Crippen LogP contribution in [0.3, 0.4) is 0 Å². The standard InChI is InChI=1S/C17H14O3/c1-10-9-11(20-2)7-8-12(10)15-16(18)13-5-3-4-6-14(13)17(15)19/h3-9,15H,1-2H3. The van der Waals surface area contributed by atoms with Crippen molar-refractivity contribution < 1.29 is 14.3 Å². The topological polar surface area (TPSA) is 43.4 Å². The van der Waals surface area contributed by atoms with Gasteiger partial charge in [-0.1, -0.05) is 30.3 Å². The zero-order chi connectivity index (χ0) is 14.3. The summed E-state index contributed by atoms with van der Waals surface area (Å²) < 4.78 is 5.16. The molecule has 0 N–H and O–H groups in total. The Kier molecular flexibility index (Phi) is 2.90. The van der Waals surface area contributed by atoms with Crippen LogP contribution in [-0.2, 0) is 0 Å². The van der Waals surface area contributed by atoms with E-state index in [4.69, 9.17) is 4.74 Å². The number of rotatable bonds is 2. The van der Waals surface area contributed by atoms with Crippen LogP contribution in [-0.4, -0.2) is 18.7 Å². The Balaban J connectivity index is 2.09. The Hall–Kier alpha value is -2.42. The van der Waals surface area contributed by atoms with Gasteiger partial charge in [-0.2, -0.15) is 0 Å². The van der Waals surface area contributed by atoms with E-state index in [1.165, 1.54) is 0 Å². The monoisotopic (exact) mass is 266 g/mol. The van der Waals surface area contributed by atoms with Crippen molar-refractivity contribution in [3.8, 4) is 5.75 Å². The summed E-state index contributed by atoms with van der Waals surface area (Å²) >= 11 is 0. The number of ketones is 2. The lowest BCUT2D eigenvalue weighted by Gasteiger charge is -2.12. The molecular weight excluding hydrogens is 252 g/mol. The van der Waals surface area contributed by atoms with E-state index in [9.17, 15) is 9.59 Å². The van der Waals surface area contributed by atoms with Crippen LogP contribution < -0.4 is 4.74 Å². The minimum absolute atomic E-state index is 0.112. The van der Waals surface area contributed by atoms with E-state index in [2.05, 4.69) is 0 Å². The maximum absolute atomic E-state index is 12.5. The molecule has 20 heavy (non-hydrogen) atoms. The van der Waals surface area contributed by atoms with Gasteiger partial charge in [-0.05, 0) is 30.2 Å². The van der Waals surface area contributed by atoms with Crippen molar-refractivity contribution >= 4 is 11.6 Å². The highest BCUT2D eigenvalue weighted by atomic mass is 16.5. The lowest BCUT2D eigenvalue weighted by Crippen LogP contribution is -2.14. The second-order valence-electron chi connectivity index (χ2n) is 4.93. The minimum Gasteiger partial charge on any atom is -0.497 e. The Morgan fingerprint density at radius 3 is 2.05 bits per heavy atom. The molecular formula is C17H14O3. The Morgan fingerprint density at radius 1 is 0.950 bits per heavy atom. The molecule has 0 heterocycles. The number of aryl methyl sites for hydroxylation is 1.